The monoisotopic (exact) mass is 296 g/mol. The number of halogens is 1. The summed E-state index contributed by atoms with van der Waals surface area (Å²) in [5, 5.41) is 14.3. The van der Waals surface area contributed by atoms with E-state index in [4.69, 9.17) is 11.6 Å². The molecular weight excluding hydrogens is 272 g/mol. The zero-order valence-corrected chi connectivity index (χ0v) is 13.2. The molecule has 0 saturated heterocycles. The van der Waals surface area contributed by atoms with E-state index < -0.39 is 6.10 Å². The molecule has 2 rings (SSSR count). The second-order valence-corrected chi connectivity index (χ2v) is 6.46. The van der Waals surface area contributed by atoms with Crippen LogP contribution in [-0.2, 0) is 0 Å². The molecule has 0 amide bonds. The first kappa shape index (κ1) is 15.8. The normalized spacial score (nSPS) is 19.4. The van der Waals surface area contributed by atoms with E-state index in [0.717, 1.165) is 12.1 Å². The van der Waals surface area contributed by atoms with E-state index >= 15 is 0 Å². The lowest BCUT2D eigenvalue weighted by atomic mass is 9.96. The first-order valence-corrected chi connectivity index (χ1v) is 7.73. The topological polar surface area (TPSA) is 35.5 Å². The van der Waals surface area contributed by atoms with Gasteiger partial charge in [0.2, 0.25) is 0 Å². The van der Waals surface area contributed by atoms with E-state index in [0.29, 0.717) is 11.6 Å². The molecule has 1 saturated carbocycles. The number of rotatable bonds is 6. The number of aliphatic hydroxyl groups excluding tert-OH is 1. The van der Waals surface area contributed by atoms with E-state index in [2.05, 4.69) is 24.3 Å². The highest BCUT2D eigenvalue weighted by atomic mass is 35.5. The van der Waals surface area contributed by atoms with Crippen LogP contribution in [0.4, 0.5) is 0 Å². The fourth-order valence-corrected chi connectivity index (χ4v) is 3.19. The van der Waals surface area contributed by atoms with Gasteiger partial charge in [-0.3, -0.25) is 0 Å². The van der Waals surface area contributed by atoms with E-state index in [-0.39, 0.29) is 5.54 Å². The van der Waals surface area contributed by atoms with Crippen molar-refractivity contribution >= 4 is 11.6 Å². The van der Waals surface area contributed by atoms with Gasteiger partial charge in [-0.05, 0) is 44.6 Å². The number of hydrogen-bond donors (Lipinski definition) is 2. The first-order valence-electron chi connectivity index (χ1n) is 7.35. The maximum atomic E-state index is 10.2. The Hall–Kier alpha value is -0.610. The molecule has 1 aromatic carbocycles. The maximum absolute atomic E-state index is 10.2. The highest BCUT2D eigenvalue weighted by molar-refractivity contribution is 6.30. The van der Waals surface area contributed by atoms with Crippen molar-refractivity contribution in [3.63, 3.8) is 0 Å². The summed E-state index contributed by atoms with van der Waals surface area (Å²) in [5.74, 6) is 0. The van der Waals surface area contributed by atoms with Gasteiger partial charge < -0.3 is 15.3 Å². The van der Waals surface area contributed by atoms with Gasteiger partial charge in [0, 0.05) is 23.7 Å². The molecule has 0 heterocycles. The molecule has 0 radical (unpaired) electrons. The van der Waals surface area contributed by atoms with Gasteiger partial charge in [-0.1, -0.05) is 36.6 Å². The van der Waals surface area contributed by atoms with Crippen molar-refractivity contribution < 1.29 is 5.11 Å². The van der Waals surface area contributed by atoms with Crippen molar-refractivity contribution in [2.75, 3.05) is 27.2 Å². The minimum absolute atomic E-state index is 0.264. The highest BCUT2D eigenvalue weighted by Crippen LogP contribution is 2.33. The molecule has 20 heavy (non-hydrogen) atoms. The summed E-state index contributed by atoms with van der Waals surface area (Å²) in [6.07, 6.45) is 4.61. The van der Waals surface area contributed by atoms with Crippen molar-refractivity contribution in [3.8, 4) is 0 Å². The minimum atomic E-state index is -0.479. The van der Waals surface area contributed by atoms with Crippen LogP contribution in [0.25, 0.3) is 0 Å². The van der Waals surface area contributed by atoms with Crippen LogP contribution >= 0.6 is 11.6 Å². The molecule has 1 atom stereocenters. The summed E-state index contributed by atoms with van der Waals surface area (Å²) in [5.41, 5.74) is 1.17. The molecule has 1 aliphatic carbocycles. The molecule has 4 heteroatoms. The smallest absolute Gasteiger partial charge is 0.0914 e. The van der Waals surface area contributed by atoms with Crippen molar-refractivity contribution in [2.24, 2.45) is 0 Å². The van der Waals surface area contributed by atoms with E-state index in [9.17, 15) is 5.11 Å². The van der Waals surface area contributed by atoms with Crippen molar-refractivity contribution in [3.05, 3.63) is 34.9 Å². The van der Waals surface area contributed by atoms with Gasteiger partial charge in [-0.25, -0.2) is 0 Å². The van der Waals surface area contributed by atoms with Gasteiger partial charge in [0.15, 0.2) is 0 Å². The molecule has 0 bridgehead atoms. The van der Waals surface area contributed by atoms with Crippen LogP contribution < -0.4 is 5.32 Å². The molecular formula is C16H25ClN2O. The molecule has 0 aromatic heterocycles. The van der Waals surface area contributed by atoms with Crippen LogP contribution in [0.5, 0.6) is 0 Å². The van der Waals surface area contributed by atoms with Gasteiger partial charge in [0.05, 0.1) is 6.10 Å². The number of likely N-dealkylation sites (N-methyl/N-ethyl adjacent to an activating group) is 1. The molecule has 0 spiro atoms. The van der Waals surface area contributed by atoms with Crippen LogP contribution in [-0.4, -0.2) is 42.7 Å². The summed E-state index contributed by atoms with van der Waals surface area (Å²) < 4.78 is 0. The Morgan fingerprint density at radius 3 is 2.40 bits per heavy atom. The fourth-order valence-electron chi connectivity index (χ4n) is 3.06. The van der Waals surface area contributed by atoms with Crippen molar-refractivity contribution in [2.45, 2.75) is 37.3 Å². The largest absolute Gasteiger partial charge is 0.387 e. The molecule has 0 aliphatic heterocycles. The molecule has 112 valence electrons. The second kappa shape index (κ2) is 6.90. The Balaban J connectivity index is 1.84. The predicted molar refractivity (Wildman–Crippen MR) is 84.2 cm³/mol. The SMILES string of the molecule is CN(C)C1(CNCC(O)c2ccc(Cl)cc2)CCCC1. The standard InChI is InChI=1S/C16H25ClN2O/c1-19(2)16(9-3-4-10-16)12-18-11-15(20)13-5-7-14(17)8-6-13/h5-8,15,18,20H,3-4,9-12H2,1-2H3. The van der Waals surface area contributed by atoms with Gasteiger partial charge in [0.1, 0.15) is 0 Å². The Kier molecular flexibility index (Phi) is 5.44. The average Bonchev–Trinajstić information content (AvgIpc) is 2.89. The highest BCUT2D eigenvalue weighted by Gasteiger charge is 2.35. The van der Waals surface area contributed by atoms with Crippen molar-refractivity contribution in [1.29, 1.82) is 0 Å². The quantitative estimate of drug-likeness (QED) is 0.847. The van der Waals surface area contributed by atoms with Crippen LogP contribution in [0, 0.1) is 0 Å². The number of hydrogen-bond acceptors (Lipinski definition) is 3. The second-order valence-electron chi connectivity index (χ2n) is 6.02. The Morgan fingerprint density at radius 2 is 1.85 bits per heavy atom. The maximum Gasteiger partial charge on any atom is 0.0914 e. The van der Waals surface area contributed by atoms with E-state index in [1.54, 1.807) is 0 Å². The minimum Gasteiger partial charge on any atom is -0.387 e. The molecule has 1 fully saturated rings. The lowest BCUT2D eigenvalue weighted by molar-refractivity contribution is 0.134. The summed E-state index contributed by atoms with van der Waals surface area (Å²) in [4.78, 5) is 2.33. The lowest BCUT2D eigenvalue weighted by Crippen LogP contribution is -2.50. The summed E-state index contributed by atoms with van der Waals surface area (Å²) in [6.45, 7) is 1.52. The third-order valence-corrected chi connectivity index (χ3v) is 4.78. The molecule has 3 nitrogen and oxygen atoms in total. The van der Waals surface area contributed by atoms with E-state index in [1.807, 2.05) is 24.3 Å². The van der Waals surface area contributed by atoms with Crippen LogP contribution in [0.2, 0.25) is 5.02 Å². The number of nitrogens with zero attached hydrogens (tertiary/aromatic N) is 1. The molecule has 1 aromatic rings. The first-order chi connectivity index (χ1) is 9.53. The molecule has 1 unspecified atom stereocenters. The van der Waals surface area contributed by atoms with Gasteiger partial charge >= 0.3 is 0 Å². The van der Waals surface area contributed by atoms with Gasteiger partial charge in [-0.2, -0.15) is 0 Å². The Morgan fingerprint density at radius 1 is 1.25 bits per heavy atom. The zero-order valence-electron chi connectivity index (χ0n) is 12.4. The van der Waals surface area contributed by atoms with Gasteiger partial charge in [0.25, 0.3) is 0 Å². The molecule has 1 aliphatic rings. The fraction of sp³-hybridized carbons (Fsp3) is 0.625. The summed E-state index contributed by atoms with van der Waals surface area (Å²) >= 11 is 5.86. The predicted octanol–water partition coefficient (Wildman–Crippen LogP) is 2.84. The number of nitrogens with one attached hydrogen (secondary N) is 1. The zero-order chi connectivity index (χ0) is 14.6. The van der Waals surface area contributed by atoms with Crippen LogP contribution in [0.3, 0.4) is 0 Å². The summed E-state index contributed by atoms with van der Waals surface area (Å²) in [7, 11) is 4.31. The Labute approximate surface area is 126 Å². The number of aliphatic hydroxyl groups is 1. The average molecular weight is 297 g/mol. The molecule has 2 N–H and O–H groups in total. The Bertz CT molecular complexity index is 413. The van der Waals surface area contributed by atoms with Gasteiger partial charge in [-0.15, -0.1) is 0 Å². The van der Waals surface area contributed by atoms with Crippen molar-refractivity contribution in [1.82, 2.24) is 10.2 Å². The number of benzene rings is 1. The summed E-state index contributed by atoms with van der Waals surface area (Å²) in [6, 6.07) is 7.40. The van der Waals surface area contributed by atoms with E-state index in [1.165, 1.54) is 25.7 Å². The van der Waals surface area contributed by atoms with Crippen LogP contribution in [0.15, 0.2) is 24.3 Å². The van der Waals surface area contributed by atoms with Crippen LogP contribution in [0.1, 0.15) is 37.4 Å². The third-order valence-electron chi connectivity index (χ3n) is 4.53. The third kappa shape index (κ3) is 3.73. The lowest BCUT2D eigenvalue weighted by Gasteiger charge is -2.37.